The molecule has 2 radical (unpaired) electrons. The van der Waals surface area contributed by atoms with Gasteiger partial charge in [-0.15, -0.1) is 4.70 Å². The van der Waals surface area contributed by atoms with Crippen molar-refractivity contribution in [1.82, 2.24) is 10.6 Å². The average molecular weight is 329 g/mol. The van der Waals surface area contributed by atoms with Crippen LogP contribution in [0.2, 0.25) is 0 Å². The van der Waals surface area contributed by atoms with Crippen LogP contribution in [0.4, 0.5) is 8.78 Å². The summed E-state index contributed by atoms with van der Waals surface area (Å²) in [5, 5.41) is 9.68. The number of halogens is 2. The fourth-order valence-corrected chi connectivity index (χ4v) is 2.25. The monoisotopic (exact) mass is 329 g/mol. The molecule has 7 heteroatoms. The quantitative estimate of drug-likeness (QED) is 0.833. The van der Waals surface area contributed by atoms with E-state index in [4.69, 9.17) is 0 Å². The number of nitrogens with one attached hydrogen (secondary N) is 2. The van der Waals surface area contributed by atoms with Crippen LogP contribution in [-0.2, 0) is 11.2 Å². The Kier molecular flexibility index (Phi) is 4.50. The van der Waals surface area contributed by atoms with Crippen LogP contribution in [0.15, 0.2) is 59.0 Å². The minimum atomic E-state index is -0.865. The first-order chi connectivity index (χ1) is 11.5. The summed E-state index contributed by atoms with van der Waals surface area (Å²) in [5.41, 5.74) is 1.85. The van der Waals surface area contributed by atoms with Gasteiger partial charge in [0.05, 0.1) is 0 Å². The SMILES string of the molecule is C[N+]1=NC(C(=O)N[C]2C=CC(Cc3ccc(F)c(F)c3)=CN2)=C[CH]1. The minimum absolute atomic E-state index is 0.316. The molecule has 5 nitrogen and oxygen atoms in total. The van der Waals surface area contributed by atoms with Crippen molar-refractivity contribution in [2.75, 3.05) is 7.05 Å². The molecule has 0 fully saturated rings. The first-order valence-electron chi connectivity index (χ1n) is 7.27. The smallest absolute Gasteiger partial charge is 0.278 e. The highest BCUT2D eigenvalue weighted by molar-refractivity contribution is 5.94. The summed E-state index contributed by atoms with van der Waals surface area (Å²) in [6.45, 7) is 1.68. The number of benzene rings is 1. The van der Waals surface area contributed by atoms with Gasteiger partial charge >= 0.3 is 0 Å². The fourth-order valence-electron chi connectivity index (χ4n) is 2.25. The van der Waals surface area contributed by atoms with E-state index in [-0.39, 0.29) is 5.91 Å². The van der Waals surface area contributed by atoms with E-state index in [9.17, 15) is 13.6 Å². The van der Waals surface area contributed by atoms with Crippen LogP contribution in [0.3, 0.4) is 0 Å². The molecule has 1 aromatic rings. The topological polar surface area (TPSA) is 56.5 Å². The Morgan fingerprint density at radius 3 is 2.75 bits per heavy atom. The van der Waals surface area contributed by atoms with Crippen molar-refractivity contribution in [2.24, 2.45) is 5.11 Å². The molecule has 0 spiro atoms. The molecule has 0 saturated carbocycles. The summed E-state index contributed by atoms with van der Waals surface area (Å²) in [6, 6.07) is 3.82. The molecule has 0 aromatic heterocycles. The van der Waals surface area contributed by atoms with E-state index < -0.39 is 11.6 Å². The Bertz CT molecular complexity index is 796. The van der Waals surface area contributed by atoms with E-state index in [0.29, 0.717) is 23.8 Å². The first-order valence-corrected chi connectivity index (χ1v) is 7.27. The van der Waals surface area contributed by atoms with Crippen molar-refractivity contribution in [3.05, 3.63) is 83.8 Å². The van der Waals surface area contributed by atoms with E-state index in [1.54, 1.807) is 42.7 Å². The lowest BCUT2D eigenvalue weighted by atomic mass is 10.0. The predicted molar refractivity (Wildman–Crippen MR) is 82.8 cm³/mol. The lowest BCUT2D eigenvalue weighted by Gasteiger charge is -2.18. The van der Waals surface area contributed by atoms with E-state index in [0.717, 1.165) is 11.6 Å². The molecule has 0 unspecified atom stereocenters. The minimum Gasteiger partial charge on any atom is -0.362 e. The number of azo groups is 2. The zero-order valence-electron chi connectivity index (χ0n) is 12.9. The molecule has 0 atom stereocenters. The van der Waals surface area contributed by atoms with Crippen molar-refractivity contribution < 1.29 is 18.3 Å². The molecule has 0 aliphatic carbocycles. The summed E-state index contributed by atoms with van der Waals surface area (Å²) in [7, 11) is 1.73. The normalized spacial score (nSPS) is 17.0. The molecule has 3 rings (SSSR count). The molecule has 2 heterocycles. The summed E-state index contributed by atoms with van der Waals surface area (Å²) < 4.78 is 27.7. The summed E-state index contributed by atoms with van der Waals surface area (Å²) >= 11 is 0. The maximum absolute atomic E-state index is 13.2. The second-order valence-electron chi connectivity index (χ2n) is 5.36. The van der Waals surface area contributed by atoms with Crippen molar-refractivity contribution in [3.63, 3.8) is 0 Å². The number of likely N-dealkylation sites (N-methyl/N-ethyl adjacent to an activating group) is 1. The predicted octanol–water partition coefficient (Wildman–Crippen LogP) is 2.31. The summed E-state index contributed by atoms with van der Waals surface area (Å²) in [6.07, 6.45) is 7.78. The van der Waals surface area contributed by atoms with Crippen LogP contribution in [0.1, 0.15) is 5.56 Å². The highest BCUT2D eigenvalue weighted by Crippen LogP contribution is 2.16. The standard InChI is InChI=1S/C17H15F2N4O/c1-23-7-6-15(22-23)17(24)21-16-5-3-12(10-20-16)8-11-2-4-13(18)14(19)9-11/h2-7,9-10,20H,8H2,1H3,(H,21,24)/q+1. The van der Waals surface area contributed by atoms with Gasteiger partial charge in [-0.2, -0.15) is 0 Å². The average Bonchev–Trinajstić information content (AvgIpc) is 2.99. The lowest BCUT2D eigenvalue weighted by Crippen LogP contribution is -2.36. The Hall–Kier alpha value is -2.83. The van der Waals surface area contributed by atoms with Gasteiger partial charge in [-0.25, -0.2) is 8.78 Å². The number of amides is 1. The Labute approximate surface area is 138 Å². The Morgan fingerprint density at radius 1 is 1.29 bits per heavy atom. The Balaban J connectivity index is 1.55. The molecule has 2 aliphatic heterocycles. The third-order valence-corrected chi connectivity index (χ3v) is 3.46. The number of allylic oxidation sites excluding steroid dienone is 2. The van der Waals surface area contributed by atoms with Crippen LogP contribution >= 0.6 is 0 Å². The second kappa shape index (κ2) is 6.74. The fraction of sp³-hybridized carbons (Fsp3) is 0.118. The highest BCUT2D eigenvalue weighted by atomic mass is 19.2. The number of hydrogen-bond acceptors (Lipinski definition) is 3. The third-order valence-electron chi connectivity index (χ3n) is 3.46. The summed E-state index contributed by atoms with van der Waals surface area (Å²) in [4.78, 5) is 12.0. The number of carbonyl (C=O) groups excluding carboxylic acids is 1. The van der Waals surface area contributed by atoms with Gasteiger partial charge in [0.15, 0.2) is 30.5 Å². The molecule has 2 aliphatic rings. The lowest BCUT2D eigenvalue weighted by molar-refractivity contribution is -0.512. The molecule has 122 valence electrons. The molecular weight excluding hydrogens is 314 g/mol. The molecule has 1 aromatic carbocycles. The van der Waals surface area contributed by atoms with Gasteiger partial charge in [0.1, 0.15) is 0 Å². The van der Waals surface area contributed by atoms with Gasteiger partial charge < -0.3 is 10.6 Å². The van der Waals surface area contributed by atoms with Gasteiger partial charge in [-0.05, 0) is 35.8 Å². The number of carbonyl (C=O) groups is 1. The second-order valence-corrected chi connectivity index (χ2v) is 5.36. The molecule has 0 saturated heterocycles. The van der Waals surface area contributed by atoms with Crippen molar-refractivity contribution in [1.29, 1.82) is 0 Å². The van der Waals surface area contributed by atoms with Gasteiger partial charge in [0.25, 0.3) is 12.5 Å². The molecule has 1 amide bonds. The van der Waals surface area contributed by atoms with Gasteiger partial charge in [-0.1, -0.05) is 12.1 Å². The zero-order chi connectivity index (χ0) is 17.1. The van der Waals surface area contributed by atoms with Crippen molar-refractivity contribution >= 4 is 5.91 Å². The highest BCUT2D eigenvalue weighted by Gasteiger charge is 2.22. The maximum Gasteiger partial charge on any atom is 0.278 e. The van der Waals surface area contributed by atoms with Gasteiger partial charge in [0.2, 0.25) is 0 Å². The largest absolute Gasteiger partial charge is 0.362 e. The van der Waals surface area contributed by atoms with Gasteiger partial charge in [-0.3, -0.25) is 4.79 Å². The van der Waals surface area contributed by atoms with Crippen molar-refractivity contribution in [3.8, 4) is 0 Å². The van der Waals surface area contributed by atoms with Gasteiger partial charge in [0, 0.05) is 17.4 Å². The summed E-state index contributed by atoms with van der Waals surface area (Å²) in [5.74, 6) is -2.05. The van der Waals surface area contributed by atoms with E-state index in [2.05, 4.69) is 15.7 Å². The molecule has 0 bridgehead atoms. The number of nitrogens with zero attached hydrogens (tertiary/aromatic N) is 2. The van der Waals surface area contributed by atoms with Crippen molar-refractivity contribution in [2.45, 2.75) is 6.42 Å². The van der Waals surface area contributed by atoms with Crippen LogP contribution in [0.25, 0.3) is 0 Å². The Morgan fingerprint density at radius 2 is 2.12 bits per heavy atom. The molecule has 24 heavy (non-hydrogen) atoms. The van der Waals surface area contributed by atoms with E-state index >= 15 is 0 Å². The van der Waals surface area contributed by atoms with Crippen LogP contribution in [0, 0.1) is 24.3 Å². The van der Waals surface area contributed by atoms with Crippen LogP contribution < -0.4 is 10.6 Å². The number of rotatable bonds is 4. The van der Waals surface area contributed by atoms with Crippen LogP contribution in [0.5, 0.6) is 0 Å². The third kappa shape index (κ3) is 3.73. The van der Waals surface area contributed by atoms with Crippen LogP contribution in [-0.4, -0.2) is 17.7 Å². The van der Waals surface area contributed by atoms with E-state index in [1.807, 2.05) is 0 Å². The molecule has 2 N–H and O–H groups in total. The number of dihydropyridines is 1. The molecular formula is C17H15F2N4O+. The number of hydrogen-bond donors (Lipinski definition) is 2. The maximum atomic E-state index is 13.2. The van der Waals surface area contributed by atoms with E-state index in [1.165, 1.54) is 12.1 Å². The zero-order valence-corrected chi connectivity index (χ0v) is 12.9. The first kappa shape index (κ1) is 16.0.